The van der Waals surface area contributed by atoms with Crippen LogP contribution in [-0.2, 0) is 0 Å². The van der Waals surface area contributed by atoms with Crippen molar-refractivity contribution in [3.8, 4) is 0 Å². The van der Waals surface area contributed by atoms with E-state index in [1.54, 1.807) is 0 Å². The highest BCUT2D eigenvalue weighted by Gasteiger charge is 2.20. The van der Waals surface area contributed by atoms with Crippen LogP contribution in [0.2, 0.25) is 0 Å². The lowest BCUT2D eigenvalue weighted by Gasteiger charge is -2.28. The van der Waals surface area contributed by atoms with Crippen LogP contribution in [0.4, 0.5) is 11.4 Å². The van der Waals surface area contributed by atoms with Gasteiger partial charge < -0.3 is 0 Å². The van der Waals surface area contributed by atoms with Gasteiger partial charge in [-0.2, -0.15) is 0 Å². The van der Waals surface area contributed by atoms with E-state index in [9.17, 15) is 0 Å². The van der Waals surface area contributed by atoms with Crippen molar-refractivity contribution < 1.29 is 0 Å². The van der Waals surface area contributed by atoms with Crippen molar-refractivity contribution in [1.82, 2.24) is 9.66 Å². The number of pyridine rings is 1. The first-order valence-corrected chi connectivity index (χ1v) is 12.9. The number of hydrogen-bond acceptors (Lipinski definition) is 2. The Morgan fingerprint density at radius 1 is 0.421 bits per heavy atom. The Morgan fingerprint density at radius 3 is 1.92 bits per heavy atom. The smallest absolute Gasteiger partial charge is 0.0722 e. The van der Waals surface area contributed by atoms with Crippen LogP contribution in [0.3, 0.4) is 0 Å². The molecule has 0 atom stereocenters. The van der Waals surface area contributed by atoms with Crippen LogP contribution in [-0.4, -0.2) is 9.66 Å². The molecule has 0 unspecified atom stereocenters. The summed E-state index contributed by atoms with van der Waals surface area (Å²) in [6.45, 7) is 0. The van der Waals surface area contributed by atoms with E-state index in [2.05, 4.69) is 142 Å². The van der Waals surface area contributed by atoms with Crippen LogP contribution in [0, 0.1) is 0 Å². The number of nitrogens with zero attached hydrogens (tertiary/aromatic N) is 3. The zero-order valence-electron chi connectivity index (χ0n) is 20.6. The van der Waals surface area contributed by atoms with Crippen molar-refractivity contribution in [2.24, 2.45) is 0 Å². The van der Waals surface area contributed by atoms with E-state index in [-0.39, 0.29) is 0 Å². The van der Waals surface area contributed by atoms with E-state index in [0.717, 1.165) is 16.9 Å². The molecule has 0 fully saturated rings. The summed E-state index contributed by atoms with van der Waals surface area (Å²) in [5.74, 6) is 0. The van der Waals surface area contributed by atoms with Gasteiger partial charge in [-0.15, -0.1) is 0 Å². The predicted molar refractivity (Wildman–Crippen MR) is 160 cm³/mol. The molecule has 3 heteroatoms. The van der Waals surface area contributed by atoms with Gasteiger partial charge in [0.1, 0.15) is 0 Å². The minimum absolute atomic E-state index is 1.05. The van der Waals surface area contributed by atoms with Gasteiger partial charge in [0.25, 0.3) is 0 Å². The molecule has 0 aliphatic rings. The van der Waals surface area contributed by atoms with Crippen LogP contribution >= 0.6 is 0 Å². The summed E-state index contributed by atoms with van der Waals surface area (Å²) in [6.07, 6.45) is 3.71. The highest BCUT2D eigenvalue weighted by Crippen LogP contribution is 2.39. The van der Waals surface area contributed by atoms with E-state index in [1.807, 2.05) is 12.4 Å². The number of aromatic nitrogens is 2. The zero-order chi connectivity index (χ0) is 25.1. The van der Waals surface area contributed by atoms with Crippen molar-refractivity contribution in [3.05, 3.63) is 140 Å². The summed E-state index contributed by atoms with van der Waals surface area (Å²) in [4.78, 5) is 4.29. The summed E-state index contributed by atoms with van der Waals surface area (Å²) in [5, 5.41) is 12.4. The first-order valence-electron chi connectivity index (χ1n) is 12.9. The van der Waals surface area contributed by atoms with E-state index in [4.69, 9.17) is 0 Å². The first kappa shape index (κ1) is 21.0. The van der Waals surface area contributed by atoms with Crippen LogP contribution < -0.4 is 5.01 Å². The second-order valence-corrected chi connectivity index (χ2v) is 9.72. The summed E-state index contributed by atoms with van der Waals surface area (Å²) < 4.78 is 2.36. The average Bonchev–Trinajstić information content (AvgIpc) is 3.30. The molecule has 2 heterocycles. The highest BCUT2D eigenvalue weighted by atomic mass is 15.6. The Labute approximate surface area is 219 Å². The van der Waals surface area contributed by atoms with Crippen LogP contribution in [0.1, 0.15) is 0 Å². The van der Waals surface area contributed by atoms with Crippen LogP contribution in [0.5, 0.6) is 0 Å². The Balaban J connectivity index is 1.53. The van der Waals surface area contributed by atoms with E-state index in [1.165, 1.54) is 48.6 Å². The maximum Gasteiger partial charge on any atom is 0.0722 e. The molecule has 0 aliphatic carbocycles. The maximum absolute atomic E-state index is 4.29. The maximum atomic E-state index is 4.29. The minimum Gasteiger partial charge on any atom is -0.265 e. The van der Waals surface area contributed by atoms with Crippen LogP contribution in [0.15, 0.2) is 140 Å². The number of rotatable bonds is 3. The highest BCUT2D eigenvalue weighted by molar-refractivity contribution is 6.21. The summed E-state index contributed by atoms with van der Waals surface area (Å²) in [6, 6.07) is 45.8. The van der Waals surface area contributed by atoms with Crippen molar-refractivity contribution in [1.29, 1.82) is 0 Å². The lowest BCUT2D eigenvalue weighted by Crippen LogP contribution is -2.23. The van der Waals surface area contributed by atoms with Crippen LogP contribution in [0.25, 0.3) is 54.1 Å². The molecule has 0 N–H and O–H groups in total. The standard InChI is InChI=1S/C35H23N3/c1-2-9-26(10-3-1)37(27-18-20-36-21-19-27)38-34-13-7-6-12-31(34)33-22-25-15-17-29-28-11-5-4-8-24(28)14-16-30(29)32(25)23-35(33)38/h1-23H. The number of fused-ring (bicyclic) bond motifs is 8. The molecule has 0 aliphatic heterocycles. The fourth-order valence-corrected chi connectivity index (χ4v) is 5.92. The van der Waals surface area contributed by atoms with Gasteiger partial charge in [-0.3, -0.25) is 4.98 Å². The molecule has 2 aromatic heterocycles. The quantitative estimate of drug-likeness (QED) is 0.233. The fourth-order valence-electron chi connectivity index (χ4n) is 5.92. The van der Waals surface area contributed by atoms with Crippen molar-refractivity contribution in [2.45, 2.75) is 0 Å². The molecule has 38 heavy (non-hydrogen) atoms. The van der Waals surface area contributed by atoms with Crippen molar-refractivity contribution >= 4 is 65.5 Å². The molecule has 0 saturated carbocycles. The van der Waals surface area contributed by atoms with Gasteiger partial charge in [-0.25, -0.2) is 9.69 Å². The molecule has 178 valence electrons. The zero-order valence-corrected chi connectivity index (χ0v) is 20.6. The third-order valence-electron chi connectivity index (χ3n) is 7.62. The second kappa shape index (κ2) is 8.19. The molecule has 6 aromatic carbocycles. The number of anilines is 2. The van der Waals surface area contributed by atoms with E-state index >= 15 is 0 Å². The molecule has 0 bridgehead atoms. The summed E-state index contributed by atoms with van der Waals surface area (Å²) in [7, 11) is 0. The Hall–Kier alpha value is -5.15. The van der Waals surface area contributed by atoms with Crippen molar-refractivity contribution in [2.75, 3.05) is 5.01 Å². The molecule has 8 rings (SSSR count). The van der Waals surface area contributed by atoms with Gasteiger partial charge in [0.2, 0.25) is 0 Å². The second-order valence-electron chi connectivity index (χ2n) is 9.72. The van der Waals surface area contributed by atoms with Gasteiger partial charge in [0.05, 0.1) is 22.4 Å². The summed E-state index contributed by atoms with van der Waals surface area (Å²) >= 11 is 0. The number of hydrogen-bond donors (Lipinski definition) is 0. The van der Waals surface area contributed by atoms with Gasteiger partial charge in [-0.05, 0) is 74.8 Å². The Morgan fingerprint density at radius 2 is 1.08 bits per heavy atom. The van der Waals surface area contributed by atoms with Gasteiger partial charge in [0.15, 0.2) is 0 Å². The normalized spacial score (nSPS) is 11.7. The summed E-state index contributed by atoms with van der Waals surface area (Å²) in [5.41, 5.74) is 4.47. The van der Waals surface area contributed by atoms with Gasteiger partial charge in [0, 0.05) is 23.2 Å². The van der Waals surface area contributed by atoms with E-state index in [0.29, 0.717) is 0 Å². The molecule has 0 spiro atoms. The topological polar surface area (TPSA) is 21.1 Å². The van der Waals surface area contributed by atoms with Gasteiger partial charge in [-0.1, -0.05) is 84.9 Å². The lowest BCUT2D eigenvalue weighted by molar-refractivity contribution is 0.885. The van der Waals surface area contributed by atoms with Crippen molar-refractivity contribution in [3.63, 3.8) is 0 Å². The fraction of sp³-hybridized carbons (Fsp3) is 0. The molecule has 8 aromatic rings. The lowest BCUT2D eigenvalue weighted by atomic mass is 9.96. The first-order chi connectivity index (χ1) is 18.9. The molecule has 0 amide bonds. The third-order valence-corrected chi connectivity index (χ3v) is 7.62. The van der Waals surface area contributed by atoms with Gasteiger partial charge >= 0.3 is 0 Å². The van der Waals surface area contributed by atoms with E-state index < -0.39 is 0 Å². The Bertz CT molecular complexity index is 2090. The molecule has 0 radical (unpaired) electrons. The molecular formula is C35H23N3. The number of para-hydroxylation sites is 2. The monoisotopic (exact) mass is 485 g/mol. The predicted octanol–water partition coefficient (Wildman–Crippen LogP) is 9.25. The Kier molecular flexibility index (Phi) is 4.52. The number of benzene rings is 6. The minimum atomic E-state index is 1.05. The molecule has 3 nitrogen and oxygen atoms in total. The third kappa shape index (κ3) is 3.06. The largest absolute Gasteiger partial charge is 0.265 e. The average molecular weight is 486 g/mol. The SMILES string of the molecule is c1ccc(N(c2ccncc2)n2c3ccccc3c3cc4ccc5c6ccccc6ccc5c4cc32)cc1. The molecular weight excluding hydrogens is 462 g/mol. The molecule has 0 saturated heterocycles.